The minimum absolute atomic E-state index is 0.418. The van der Waals surface area contributed by atoms with Gasteiger partial charge in [0.2, 0.25) is 0 Å². The number of carbonyl (C=O) groups is 1. The van der Waals surface area contributed by atoms with E-state index in [4.69, 9.17) is 4.42 Å². The van der Waals surface area contributed by atoms with Crippen molar-refractivity contribution >= 4 is 12.2 Å². The zero-order valence-electron chi connectivity index (χ0n) is 9.11. The van der Waals surface area contributed by atoms with Crippen LogP contribution in [0.4, 0.5) is 5.88 Å². The fourth-order valence-electron chi connectivity index (χ4n) is 1.75. The van der Waals surface area contributed by atoms with Crippen LogP contribution in [0.5, 0.6) is 0 Å². The first-order chi connectivity index (χ1) is 7.33. The minimum atomic E-state index is 0.418. The number of hydrogen-bond acceptors (Lipinski definition) is 3. The van der Waals surface area contributed by atoms with E-state index in [-0.39, 0.29) is 0 Å². The molecule has 0 spiro atoms. The van der Waals surface area contributed by atoms with Gasteiger partial charge in [-0.2, -0.15) is 0 Å². The molecule has 1 fully saturated rings. The Balaban J connectivity index is 2.03. The van der Waals surface area contributed by atoms with Crippen molar-refractivity contribution in [2.24, 2.45) is 5.92 Å². The smallest absolute Gasteiger partial charge is 0.196 e. The van der Waals surface area contributed by atoms with Crippen LogP contribution < -0.4 is 4.90 Å². The number of aldehydes is 1. The van der Waals surface area contributed by atoms with E-state index in [2.05, 4.69) is 11.8 Å². The Labute approximate surface area is 90.1 Å². The van der Waals surface area contributed by atoms with Gasteiger partial charge in [0.05, 0.1) is 0 Å². The van der Waals surface area contributed by atoms with Crippen molar-refractivity contribution < 1.29 is 9.21 Å². The molecule has 0 aromatic carbocycles. The van der Waals surface area contributed by atoms with E-state index in [1.165, 1.54) is 12.8 Å². The van der Waals surface area contributed by atoms with Gasteiger partial charge in [-0.05, 0) is 31.2 Å². The number of nitrogens with zero attached hydrogens (tertiary/aromatic N) is 1. The molecule has 1 aromatic rings. The zero-order chi connectivity index (χ0) is 10.7. The van der Waals surface area contributed by atoms with E-state index in [1.807, 2.05) is 6.07 Å². The average molecular weight is 207 g/mol. The molecule has 0 N–H and O–H groups in total. The summed E-state index contributed by atoms with van der Waals surface area (Å²) in [7, 11) is 0. The fourth-order valence-corrected chi connectivity index (χ4v) is 1.75. The lowest BCUT2D eigenvalue weighted by molar-refractivity contribution is 0.110. The number of hydrogen-bond donors (Lipinski definition) is 0. The van der Waals surface area contributed by atoms with E-state index < -0.39 is 0 Å². The van der Waals surface area contributed by atoms with Gasteiger partial charge in [0.15, 0.2) is 17.9 Å². The molecule has 0 aliphatic heterocycles. The summed E-state index contributed by atoms with van der Waals surface area (Å²) in [5, 5.41) is 0. The lowest BCUT2D eigenvalue weighted by Crippen LogP contribution is -2.25. The maximum Gasteiger partial charge on any atom is 0.196 e. The van der Waals surface area contributed by atoms with Crippen LogP contribution in [-0.2, 0) is 0 Å². The Kier molecular flexibility index (Phi) is 3.09. The second-order valence-corrected chi connectivity index (χ2v) is 4.18. The summed E-state index contributed by atoms with van der Waals surface area (Å²) < 4.78 is 5.43. The van der Waals surface area contributed by atoms with E-state index in [0.29, 0.717) is 5.76 Å². The van der Waals surface area contributed by atoms with Crippen LogP contribution in [0.2, 0.25) is 0 Å². The highest BCUT2D eigenvalue weighted by molar-refractivity contribution is 5.71. The summed E-state index contributed by atoms with van der Waals surface area (Å²) in [5.74, 6) is 2.09. The Hall–Kier alpha value is -1.25. The standard InChI is InChI=1S/C12H17NO2/c1-2-7-13(8-10-3-4-10)12-6-5-11(9-14)15-12/h5-6,9-10H,2-4,7-8H2,1H3. The van der Waals surface area contributed by atoms with Crippen molar-refractivity contribution in [1.82, 2.24) is 0 Å². The summed E-state index contributed by atoms with van der Waals surface area (Å²) in [6.45, 7) is 4.23. The number of rotatable bonds is 6. The highest BCUT2D eigenvalue weighted by atomic mass is 16.4. The third-order valence-electron chi connectivity index (χ3n) is 2.71. The van der Waals surface area contributed by atoms with Gasteiger partial charge in [0.25, 0.3) is 0 Å². The molecule has 3 heteroatoms. The van der Waals surface area contributed by atoms with Crippen LogP contribution in [0.15, 0.2) is 16.5 Å². The Morgan fingerprint density at radius 3 is 2.87 bits per heavy atom. The first kappa shape index (κ1) is 10.3. The lowest BCUT2D eigenvalue weighted by Gasteiger charge is -2.20. The molecule has 1 aliphatic rings. The molecule has 0 atom stereocenters. The molecule has 0 unspecified atom stereocenters. The third-order valence-corrected chi connectivity index (χ3v) is 2.71. The highest BCUT2D eigenvalue weighted by Crippen LogP contribution is 2.31. The quantitative estimate of drug-likeness (QED) is 0.672. The van der Waals surface area contributed by atoms with Crippen LogP contribution in [0.3, 0.4) is 0 Å². The van der Waals surface area contributed by atoms with E-state index >= 15 is 0 Å². The largest absolute Gasteiger partial charge is 0.438 e. The minimum Gasteiger partial charge on any atom is -0.438 e. The van der Waals surface area contributed by atoms with Crippen LogP contribution in [-0.4, -0.2) is 19.4 Å². The van der Waals surface area contributed by atoms with Gasteiger partial charge in [0, 0.05) is 19.2 Å². The molecule has 1 aromatic heterocycles. The number of anilines is 1. The molecule has 1 saturated carbocycles. The predicted octanol–water partition coefficient (Wildman–Crippen LogP) is 2.72. The van der Waals surface area contributed by atoms with Crippen molar-refractivity contribution in [2.75, 3.05) is 18.0 Å². The van der Waals surface area contributed by atoms with Crippen LogP contribution in [0.1, 0.15) is 36.7 Å². The van der Waals surface area contributed by atoms with Crippen molar-refractivity contribution in [3.05, 3.63) is 17.9 Å². The molecular formula is C12H17NO2. The van der Waals surface area contributed by atoms with E-state index in [9.17, 15) is 4.79 Å². The van der Waals surface area contributed by atoms with Crippen LogP contribution in [0.25, 0.3) is 0 Å². The molecule has 82 valence electrons. The van der Waals surface area contributed by atoms with Crippen molar-refractivity contribution in [3.8, 4) is 0 Å². The maximum absolute atomic E-state index is 10.5. The molecule has 1 aliphatic carbocycles. The van der Waals surface area contributed by atoms with Crippen LogP contribution in [0, 0.1) is 5.92 Å². The first-order valence-electron chi connectivity index (χ1n) is 5.63. The fraction of sp³-hybridized carbons (Fsp3) is 0.583. The molecule has 0 amide bonds. The van der Waals surface area contributed by atoms with Crippen LogP contribution >= 0.6 is 0 Å². The SMILES string of the molecule is CCCN(CC1CC1)c1ccc(C=O)o1. The van der Waals surface area contributed by atoms with Gasteiger partial charge in [-0.25, -0.2) is 0 Å². The Bertz CT molecular complexity index is 328. The molecule has 0 radical (unpaired) electrons. The zero-order valence-corrected chi connectivity index (χ0v) is 9.11. The van der Waals surface area contributed by atoms with Gasteiger partial charge in [0.1, 0.15) is 0 Å². The Morgan fingerprint density at radius 1 is 1.53 bits per heavy atom. The van der Waals surface area contributed by atoms with E-state index in [1.54, 1.807) is 6.07 Å². The molecule has 0 bridgehead atoms. The van der Waals surface area contributed by atoms with Crippen molar-refractivity contribution in [2.45, 2.75) is 26.2 Å². The molecule has 3 nitrogen and oxygen atoms in total. The maximum atomic E-state index is 10.5. The van der Waals surface area contributed by atoms with E-state index in [0.717, 1.165) is 37.6 Å². The summed E-state index contributed by atoms with van der Waals surface area (Å²) in [4.78, 5) is 12.8. The highest BCUT2D eigenvalue weighted by Gasteiger charge is 2.25. The number of carbonyl (C=O) groups excluding carboxylic acids is 1. The second-order valence-electron chi connectivity index (χ2n) is 4.18. The summed E-state index contributed by atoms with van der Waals surface area (Å²) in [6.07, 6.45) is 4.53. The Morgan fingerprint density at radius 2 is 2.33 bits per heavy atom. The topological polar surface area (TPSA) is 33.5 Å². The third kappa shape index (κ3) is 2.61. The van der Waals surface area contributed by atoms with Crippen molar-refractivity contribution in [1.29, 1.82) is 0 Å². The van der Waals surface area contributed by atoms with Gasteiger partial charge in [-0.3, -0.25) is 4.79 Å². The molecular weight excluding hydrogens is 190 g/mol. The number of furan rings is 1. The van der Waals surface area contributed by atoms with Crippen molar-refractivity contribution in [3.63, 3.8) is 0 Å². The normalized spacial score (nSPS) is 15.3. The summed E-state index contributed by atoms with van der Waals surface area (Å²) in [5.41, 5.74) is 0. The second kappa shape index (κ2) is 4.51. The molecule has 2 rings (SSSR count). The molecule has 15 heavy (non-hydrogen) atoms. The van der Waals surface area contributed by atoms with Gasteiger partial charge in [-0.15, -0.1) is 0 Å². The van der Waals surface area contributed by atoms with Gasteiger partial charge >= 0.3 is 0 Å². The summed E-state index contributed by atoms with van der Waals surface area (Å²) >= 11 is 0. The molecule has 0 saturated heterocycles. The predicted molar refractivity (Wildman–Crippen MR) is 59.3 cm³/mol. The van der Waals surface area contributed by atoms with Gasteiger partial charge in [-0.1, -0.05) is 6.92 Å². The monoisotopic (exact) mass is 207 g/mol. The van der Waals surface area contributed by atoms with Gasteiger partial charge < -0.3 is 9.32 Å². The lowest BCUT2D eigenvalue weighted by atomic mass is 10.3. The molecule has 1 heterocycles. The average Bonchev–Trinajstić information content (AvgIpc) is 2.94. The first-order valence-corrected chi connectivity index (χ1v) is 5.63. The summed E-state index contributed by atoms with van der Waals surface area (Å²) in [6, 6.07) is 3.62.